The lowest BCUT2D eigenvalue weighted by Gasteiger charge is -2.28. The number of rotatable bonds is 12. The summed E-state index contributed by atoms with van der Waals surface area (Å²) >= 11 is 0. The maximum atomic E-state index is 17.0. The van der Waals surface area contributed by atoms with Crippen molar-refractivity contribution in [3.63, 3.8) is 0 Å². The number of nitrogens with zero attached hydrogens (tertiary/aromatic N) is 10. The van der Waals surface area contributed by atoms with Gasteiger partial charge in [-0.1, -0.05) is 170 Å². The normalized spacial score (nSPS) is 12.4. The highest BCUT2D eigenvalue weighted by molar-refractivity contribution is 6.42. The number of pyridine rings is 2. The Kier molecular flexibility index (Phi) is 13.9. The number of hydrogen-bond acceptors (Lipinski definition) is 6. The lowest BCUT2D eigenvalue weighted by atomic mass is 9.93. The lowest BCUT2D eigenvalue weighted by Crippen LogP contribution is -2.58. The molecule has 0 bridgehead atoms. The van der Waals surface area contributed by atoms with Gasteiger partial charge < -0.3 is 14.3 Å². The van der Waals surface area contributed by atoms with Crippen LogP contribution in [0.3, 0.4) is 0 Å². The van der Waals surface area contributed by atoms with Crippen LogP contribution in [0.2, 0.25) is 0 Å². The summed E-state index contributed by atoms with van der Waals surface area (Å²) in [6.07, 6.45) is 3.99. The van der Waals surface area contributed by atoms with Crippen molar-refractivity contribution in [3.8, 4) is 56.6 Å². The summed E-state index contributed by atoms with van der Waals surface area (Å²) < 4.78 is 24.6. The fraction of sp³-hybridized carbons (Fsp3) is 0.0233. The van der Waals surface area contributed by atoms with E-state index in [9.17, 15) is 10.5 Å². The first-order valence-corrected chi connectivity index (χ1v) is 33.0. The van der Waals surface area contributed by atoms with Gasteiger partial charge in [0.05, 0.1) is 34.3 Å². The Morgan fingerprint density at radius 1 is 0.414 bits per heavy atom. The molecule has 0 saturated heterocycles. The van der Waals surface area contributed by atoms with Crippen molar-refractivity contribution in [3.05, 3.63) is 337 Å². The van der Waals surface area contributed by atoms with Crippen molar-refractivity contribution in [1.82, 2.24) is 8.96 Å². The molecule has 0 atom stereocenters. The molecular formula is C86H56B2FN10+2. The molecule has 4 aromatic heterocycles. The van der Waals surface area contributed by atoms with Crippen LogP contribution < -0.4 is 29.7 Å². The van der Waals surface area contributed by atoms with E-state index in [1.165, 1.54) is 10.8 Å². The van der Waals surface area contributed by atoms with Gasteiger partial charge in [-0.2, -0.15) is 10.5 Å². The molecule has 1 radical (unpaired) electrons. The molecule has 6 heterocycles. The third kappa shape index (κ3) is 9.86. The van der Waals surface area contributed by atoms with Crippen LogP contribution in [0.4, 0.5) is 50.1 Å². The monoisotopic (exact) mass is 1270 g/mol. The lowest BCUT2D eigenvalue weighted by molar-refractivity contribution is -0.535. The predicted molar refractivity (Wildman–Crippen MR) is 398 cm³/mol. The van der Waals surface area contributed by atoms with E-state index in [1.807, 2.05) is 104 Å². The number of aryl methyl sites for hydroxylation is 2. The molecule has 0 N–H and O–H groups in total. The van der Waals surface area contributed by atoms with E-state index < -0.39 is 7.26 Å². The molecule has 0 amide bonds. The highest BCUT2D eigenvalue weighted by atomic mass is 19.1. The second-order valence-corrected chi connectivity index (χ2v) is 25.3. The third-order valence-corrected chi connectivity index (χ3v) is 19.6. The second-order valence-electron chi connectivity index (χ2n) is 25.3. The Labute approximate surface area is 571 Å². The Hall–Kier alpha value is -13.2. The molecule has 16 aromatic rings. The van der Waals surface area contributed by atoms with Gasteiger partial charge in [0, 0.05) is 79.2 Å². The average Bonchev–Trinajstić information content (AvgIpc) is 1.56. The number of hydrogen-bond donors (Lipinski definition) is 0. The van der Waals surface area contributed by atoms with Gasteiger partial charge in [0.25, 0.3) is 0 Å². The van der Waals surface area contributed by atoms with E-state index in [4.69, 9.17) is 9.98 Å². The molecule has 12 aromatic carbocycles. The summed E-state index contributed by atoms with van der Waals surface area (Å²) in [6.45, 7) is 4.10. The smallest absolute Gasteiger partial charge is 0.310 e. The standard InChI is InChI=1S/C86H56B2FN10/c1-55-49-65(33-45-77(55)96(69-37-25-59(26-38-69)57-13-5-3-6-14-57)71-41-29-61(30-42-71)67-35-47-81-92-85-73-21-9-17-63-19-11-23-79(83(63)73)98(85)87-94(81)53-67)75(51-90)76(52-91)66-34-46-78(56(2)50-66)97(70-39-27-60(28-40-70)58-15-7-4-8-16-58)72-43-31-62(32-44-72)68-36-48-82-93-86-74-22-10-18-64-20-12-24-80(84(64)74)99(86)88(89)95(82)54-68/h3-50,53-54H,1-2H3/q+2/b76-75+. The van der Waals surface area contributed by atoms with Crippen LogP contribution in [0, 0.1) is 36.5 Å². The minimum Gasteiger partial charge on any atom is -0.310 e. The summed E-state index contributed by atoms with van der Waals surface area (Å²) in [5, 5.41) is 28.8. The Morgan fingerprint density at radius 3 is 1.30 bits per heavy atom. The Balaban J connectivity index is 0.666. The van der Waals surface area contributed by atoms with E-state index >= 15 is 4.32 Å². The van der Waals surface area contributed by atoms with Gasteiger partial charge in [0.1, 0.15) is 12.1 Å². The molecule has 10 nitrogen and oxygen atoms in total. The summed E-state index contributed by atoms with van der Waals surface area (Å²) in [6, 6.07) is 105. The van der Waals surface area contributed by atoms with Crippen molar-refractivity contribution in [2.24, 2.45) is 9.98 Å². The van der Waals surface area contributed by atoms with Crippen LogP contribution in [0.15, 0.2) is 314 Å². The van der Waals surface area contributed by atoms with Gasteiger partial charge in [0.2, 0.25) is 11.0 Å². The summed E-state index contributed by atoms with van der Waals surface area (Å²) in [5.41, 5.74) is 20.9. The fourth-order valence-corrected chi connectivity index (χ4v) is 14.7. The van der Waals surface area contributed by atoms with E-state index in [2.05, 4.69) is 252 Å². The number of aromatic nitrogens is 4. The van der Waals surface area contributed by atoms with Gasteiger partial charge in [-0.05, 0) is 199 Å². The third-order valence-electron chi connectivity index (χ3n) is 19.6. The summed E-state index contributed by atoms with van der Waals surface area (Å²) in [5.74, 6) is 1.40. The zero-order chi connectivity index (χ0) is 66.4. The molecular weight excluding hydrogens is 1210 g/mol. The van der Waals surface area contributed by atoms with E-state index in [-0.39, 0.29) is 11.1 Å². The Morgan fingerprint density at radius 2 is 0.818 bits per heavy atom. The first-order valence-electron chi connectivity index (χ1n) is 33.0. The summed E-state index contributed by atoms with van der Waals surface area (Å²) in [4.78, 5) is 14.6. The number of allylic oxidation sites excluding steroid dienone is 2. The first kappa shape index (κ1) is 58.4. The van der Waals surface area contributed by atoms with Crippen molar-refractivity contribution in [2.45, 2.75) is 13.8 Å². The second kappa shape index (κ2) is 23.6. The van der Waals surface area contributed by atoms with Crippen molar-refractivity contribution >= 4 is 115 Å². The van der Waals surface area contributed by atoms with Gasteiger partial charge in [0.15, 0.2) is 0 Å². The van der Waals surface area contributed by atoms with Gasteiger partial charge in [-0.15, -0.1) is 0 Å². The minimum atomic E-state index is -1.50. The van der Waals surface area contributed by atoms with Gasteiger partial charge in [-0.3, -0.25) is 13.3 Å². The van der Waals surface area contributed by atoms with Crippen LogP contribution in [-0.2, 0) is 0 Å². The SMILES string of the molecule is Cc1cc(/C(C#N)=C(\C#N)c2ccc(N(c3ccc(-c4ccccc4)cc3)c3ccc(-c4ccc5[n+](c4)B(F)n4c(c6cccc7cccc4c76)=N5)cc3)c(C)c2)ccc1N(c1ccc(-c2ccccc2)cc1)c1ccc(-c2ccc3[n+](c2)[B]n2c(c4cccc5cccc2c54)=N3)cc1. The topological polar surface area (TPSA) is 96.4 Å². The molecule has 0 fully saturated rings. The molecule has 0 aliphatic carbocycles. The van der Waals surface area contributed by atoms with Crippen LogP contribution >= 0.6 is 0 Å². The molecule has 2 aliphatic rings. The molecule has 2 aliphatic heterocycles. The number of benzene rings is 12. The molecule has 0 saturated carbocycles. The average molecular weight is 1270 g/mol. The first-order chi connectivity index (χ1) is 48.7. The molecule has 0 unspecified atom stereocenters. The molecule has 99 heavy (non-hydrogen) atoms. The predicted octanol–water partition coefficient (Wildman–Crippen LogP) is 18.9. The van der Waals surface area contributed by atoms with Crippen molar-refractivity contribution < 1.29 is 13.3 Å². The Bertz CT molecular complexity index is 6180. The quantitative estimate of drug-likeness (QED) is 0.0691. The van der Waals surface area contributed by atoms with Crippen molar-refractivity contribution in [2.75, 3.05) is 9.80 Å². The largest absolute Gasteiger partial charge is 0.727 e. The van der Waals surface area contributed by atoms with Crippen LogP contribution in [0.5, 0.6) is 0 Å². The van der Waals surface area contributed by atoms with Crippen LogP contribution in [-0.4, -0.2) is 23.8 Å². The summed E-state index contributed by atoms with van der Waals surface area (Å²) in [7, 11) is 0.626. The highest BCUT2D eigenvalue weighted by Crippen LogP contribution is 2.43. The number of halogens is 1. The van der Waals surface area contributed by atoms with Gasteiger partial charge >= 0.3 is 26.4 Å². The zero-order valence-corrected chi connectivity index (χ0v) is 53.9. The number of fused-ring (bicyclic) bond motifs is 8. The maximum Gasteiger partial charge on any atom is 0.727 e. The van der Waals surface area contributed by atoms with Crippen LogP contribution in [0.1, 0.15) is 22.3 Å². The zero-order valence-electron chi connectivity index (χ0n) is 53.9. The molecule has 13 heteroatoms. The van der Waals surface area contributed by atoms with E-state index in [0.717, 1.165) is 134 Å². The number of nitriles is 2. The fourth-order valence-electron chi connectivity index (χ4n) is 14.7. The van der Waals surface area contributed by atoms with E-state index in [0.29, 0.717) is 22.4 Å². The van der Waals surface area contributed by atoms with Crippen LogP contribution in [0.25, 0.3) is 99.0 Å². The molecule has 18 rings (SSSR count). The molecule has 461 valence electrons. The van der Waals surface area contributed by atoms with E-state index in [1.54, 1.807) is 8.96 Å². The van der Waals surface area contributed by atoms with Crippen molar-refractivity contribution in [1.29, 1.82) is 10.5 Å². The minimum absolute atomic E-state index is 0.270. The van der Waals surface area contributed by atoms with Gasteiger partial charge in [-0.25, -0.2) is 4.48 Å². The molecule has 0 spiro atoms. The highest BCUT2D eigenvalue weighted by Gasteiger charge is 2.40. The maximum absolute atomic E-state index is 17.0. The number of anilines is 6.